The first-order valence-electron chi connectivity index (χ1n) is 6.00. The third-order valence-corrected chi connectivity index (χ3v) is 2.92. The number of hydrogen-bond acceptors (Lipinski definition) is 3. The van der Waals surface area contributed by atoms with Crippen LogP contribution in [0.4, 0.5) is 0 Å². The quantitative estimate of drug-likeness (QED) is 0.693. The largest absolute Gasteiger partial charge is 0.343 e. The number of Topliss-reactive ketones (excluding diaryl/α,β-unsaturated/α-hetero) is 1. The Morgan fingerprint density at radius 1 is 1.64 bits per heavy atom. The molecule has 0 aromatic heterocycles. The van der Waals surface area contributed by atoms with Gasteiger partial charge < -0.3 is 9.47 Å². The molecule has 0 aliphatic carbocycles. The van der Waals surface area contributed by atoms with Crippen LogP contribution in [-0.4, -0.2) is 24.8 Å². The molecule has 0 aromatic rings. The van der Waals surface area contributed by atoms with Gasteiger partial charge in [-0.1, -0.05) is 26.2 Å². The van der Waals surface area contributed by atoms with Crippen molar-refractivity contribution >= 4 is 5.78 Å². The fraction of sp³-hybridized carbons (Fsp3) is 0.909. The molecule has 2 aliphatic heterocycles. The van der Waals surface area contributed by atoms with Crippen LogP contribution < -0.4 is 0 Å². The molecule has 0 aromatic carbocycles. The first-order valence-corrected chi connectivity index (χ1v) is 5.42. The van der Waals surface area contributed by atoms with Crippen molar-refractivity contribution in [2.24, 2.45) is 5.92 Å². The number of carbonyl (C=O) groups is 1. The molecule has 0 radical (unpaired) electrons. The van der Waals surface area contributed by atoms with Crippen molar-refractivity contribution in [1.82, 2.24) is 0 Å². The van der Waals surface area contributed by atoms with E-state index in [1.54, 1.807) is 0 Å². The maximum Gasteiger partial charge on any atom is 0.218 e. The van der Waals surface area contributed by atoms with E-state index in [0.717, 1.165) is 19.3 Å². The van der Waals surface area contributed by atoms with E-state index in [0.29, 0.717) is 13.0 Å². The number of fused-ring (bicyclic) bond motifs is 2. The van der Waals surface area contributed by atoms with E-state index >= 15 is 0 Å². The number of carbonyl (C=O) groups excluding carboxylic acids is 1. The van der Waals surface area contributed by atoms with Gasteiger partial charge in [0.1, 0.15) is 0 Å². The summed E-state index contributed by atoms with van der Waals surface area (Å²) in [7, 11) is 0. The van der Waals surface area contributed by atoms with Gasteiger partial charge in [-0.25, -0.2) is 0 Å². The minimum atomic E-state index is -0.596. The highest BCUT2D eigenvalue weighted by molar-refractivity contribution is 5.83. The molecule has 3 nitrogen and oxygen atoms in total. The lowest BCUT2D eigenvalue weighted by Crippen LogP contribution is -2.35. The van der Waals surface area contributed by atoms with Gasteiger partial charge in [-0.3, -0.25) is 4.79 Å². The molecule has 2 aliphatic rings. The monoisotopic (exact) mass is 199 g/mol. The summed E-state index contributed by atoms with van der Waals surface area (Å²) in [5.41, 5.74) is 0. The molecule has 80 valence electrons. The van der Waals surface area contributed by atoms with Crippen LogP contribution >= 0.6 is 0 Å². The van der Waals surface area contributed by atoms with Gasteiger partial charge in [0.25, 0.3) is 0 Å². The van der Waals surface area contributed by atoms with Crippen molar-refractivity contribution in [2.75, 3.05) is 6.61 Å². The Labute approximate surface area is 86.2 Å². The maximum atomic E-state index is 11.5. The summed E-state index contributed by atoms with van der Waals surface area (Å²) < 4.78 is 18.5. The van der Waals surface area contributed by atoms with Crippen LogP contribution in [0, 0.1) is 5.92 Å². The number of ketones is 1. The van der Waals surface area contributed by atoms with Crippen LogP contribution in [0.25, 0.3) is 0 Å². The van der Waals surface area contributed by atoms with Gasteiger partial charge in [0.2, 0.25) is 6.29 Å². The molecule has 2 heterocycles. The molecule has 0 spiro atoms. The van der Waals surface area contributed by atoms with Crippen LogP contribution in [-0.2, 0) is 14.3 Å². The summed E-state index contributed by atoms with van der Waals surface area (Å²) in [6.45, 7) is 2.61. The van der Waals surface area contributed by atoms with Gasteiger partial charge in [0, 0.05) is 7.79 Å². The maximum absolute atomic E-state index is 11.5. The lowest BCUT2D eigenvalue weighted by molar-refractivity contribution is -0.157. The Morgan fingerprint density at radius 3 is 3.29 bits per heavy atom. The second kappa shape index (κ2) is 4.41. The van der Waals surface area contributed by atoms with Gasteiger partial charge in [-0.15, -0.1) is 0 Å². The van der Waals surface area contributed by atoms with Crippen molar-refractivity contribution in [3.05, 3.63) is 0 Å². The lowest BCUT2D eigenvalue weighted by atomic mass is 9.89. The molecule has 0 N–H and O–H groups in total. The Balaban J connectivity index is 1.89. The number of ether oxygens (including phenoxy) is 2. The molecule has 2 saturated heterocycles. The number of rotatable bonds is 4. The first-order chi connectivity index (χ1) is 7.20. The molecule has 2 fully saturated rings. The van der Waals surface area contributed by atoms with Gasteiger partial charge >= 0.3 is 0 Å². The van der Waals surface area contributed by atoms with Crippen LogP contribution in [0.3, 0.4) is 0 Å². The summed E-state index contributed by atoms with van der Waals surface area (Å²) >= 11 is 0. The highest BCUT2D eigenvalue weighted by Gasteiger charge is 2.42. The zero-order valence-electron chi connectivity index (χ0n) is 9.57. The Kier molecular flexibility index (Phi) is 2.79. The van der Waals surface area contributed by atoms with E-state index in [2.05, 4.69) is 6.92 Å². The SMILES string of the molecule is [2H]C(CCC)C[C@H]1CC(=O)C2OC[C@H]1O2. The predicted molar refractivity (Wildman–Crippen MR) is 51.9 cm³/mol. The zero-order chi connectivity index (χ0) is 10.8. The first kappa shape index (κ1) is 8.86. The van der Waals surface area contributed by atoms with E-state index < -0.39 is 6.29 Å². The highest BCUT2D eigenvalue weighted by Crippen LogP contribution is 2.32. The lowest BCUT2D eigenvalue weighted by Gasteiger charge is -2.26. The molecular weight excluding hydrogens is 180 g/mol. The van der Waals surface area contributed by atoms with Crippen molar-refractivity contribution in [3.63, 3.8) is 0 Å². The third-order valence-electron chi connectivity index (χ3n) is 2.92. The minimum Gasteiger partial charge on any atom is -0.343 e. The molecule has 3 heteroatoms. The zero-order valence-corrected chi connectivity index (χ0v) is 8.57. The van der Waals surface area contributed by atoms with Crippen LogP contribution in [0.15, 0.2) is 0 Å². The number of hydrogen-bond donors (Lipinski definition) is 0. The standard InChI is InChI=1S/C11H18O3/c1-2-3-4-5-8-6-9(12)11-13-7-10(8)14-11/h8,10-11H,2-7H2,1H3/t8-,10+,11?/m0/s1/i4D/t4?,8-,10+,11?. The average molecular weight is 199 g/mol. The van der Waals surface area contributed by atoms with Crippen LogP contribution in [0.2, 0.25) is 0 Å². The predicted octanol–water partition coefficient (Wildman–Crippen LogP) is 1.90. The van der Waals surface area contributed by atoms with Crippen molar-refractivity contribution in [3.8, 4) is 0 Å². The molecule has 2 bridgehead atoms. The third kappa shape index (κ3) is 1.98. The second-order valence-electron chi connectivity index (χ2n) is 4.08. The summed E-state index contributed by atoms with van der Waals surface area (Å²) in [6, 6.07) is 0. The Hall–Kier alpha value is -0.410. The summed E-state index contributed by atoms with van der Waals surface area (Å²) in [4.78, 5) is 11.5. The molecule has 0 amide bonds. The second-order valence-corrected chi connectivity index (χ2v) is 4.08. The summed E-state index contributed by atoms with van der Waals surface area (Å²) in [6.07, 6.45) is 2.63. The van der Waals surface area contributed by atoms with Gasteiger partial charge in [0.15, 0.2) is 5.78 Å². The smallest absolute Gasteiger partial charge is 0.218 e. The molecule has 2 rings (SSSR count). The molecule has 2 unspecified atom stereocenters. The van der Waals surface area contributed by atoms with Crippen molar-refractivity contribution < 1.29 is 15.6 Å². The fourth-order valence-electron chi connectivity index (χ4n) is 2.09. The minimum absolute atomic E-state index is 0.0532. The summed E-state index contributed by atoms with van der Waals surface area (Å²) in [5, 5.41) is 0. The average Bonchev–Trinajstić information content (AvgIpc) is 2.60. The fourth-order valence-corrected chi connectivity index (χ4v) is 2.09. The van der Waals surface area contributed by atoms with E-state index in [1.165, 1.54) is 0 Å². The van der Waals surface area contributed by atoms with Crippen molar-refractivity contribution in [2.45, 2.75) is 51.4 Å². The Morgan fingerprint density at radius 2 is 2.50 bits per heavy atom. The van der Waals surface area contributed by atoms with Gasteiger partial charge in [-0.2, -0.15) is 0 Å². The molecule has 14 heavy (non-hydrogen) atoms. The van der Waals surface area contributed by atoms with E-state index in [9.17, 15) is 4.79 Å². The highest BCUT2D eigenvalue weighted by atomic mass is 16.7. The van der Waals surface area contributed by atoms with E-state index in [1.807, 2.05) is 0 Å². The Bertz CT molecular complexity index is 244. The molecule has 0 saturated carbocycles. The van der Waals surface area contributed by atoms with E-state index in [4.69, 9.17) is 10.8 Å². The van der Waals surface area contributed by atoms with E-state index in [-0.39, 0.29) is 24.2 Å². The normalized spacial score (nSPS) is 39.6. The topological polar surface area (TPSA) is 35.5 Å². The molecular formula is C11H18O3. The van der Waals surface area contributed by atoms with Crippen LogP contribution in [0.5, 0.6) is 0 Å². The molecule has 4 atom stereocenters. The van der Waals surface area contributed by atoms with Crippen molar-refractivity contribution in [1.29, 1.82) is 0 Å². The summed E-state index contributed by atoms with van der Waals surface area (Å²) in [5.74, 6) is 0.253. The van der Waals surface area contributed by atoms with Gasteiger partial charge in [0.05, 0.1) is 12.7 Å². The van der Waals surface area contributed by atoms with Gasteiger partial charge in [-0.05, 0) is 12.3 Å². The van der Waals surface area contributed by atoms with Crippen LogP contribution in [0.1, 0.15) is 40.4 Å².